The van der Waals surface area contributed by atoms with Gasteiger partial charge in [-0.3, -0.25) is 14.6 Å². The first kappa shape index (κ1) is 18.4. The van der Waals surface area contributed by atoms with Crippen molar-refractivity contribution >= 4 is 17.5 Å². The van der Waals surface area contributed by atoms with Gasteiger partial charge in [-0.1, -0.05) is 6.07 Å². The predicted octanol–water partition coefficient (Wildman–Crippen LogP) is 2.94. The fourth-order valence-electron chi connectivity index (χ4n) is 2.19. The van der Waals surface area contributed by atoms with Crippen LogP contribution in [0.2, 0.25) is 0 Å². The summed E-state index contributed by atoms with van der Waals surface area (Å²) in [4.78, 5) is 28.4. The van der Waals surface area contributed by atoms with Gasteiger partial charge in [-0.15, -0.1) is 0 Å². The first-order valence-electron chi connectivity index (χ1n) is 8.01. The summed E-state index contributed by atoms with van der Waals surface area (Å²) < 4.78 is 5.37. The summed E-state index contributed by atoms with van der Waals surface area (Å²) in [5.74, 6) is 0.0423. The summed E-state index contributed by atoms with van der Waals surface area (Å²) in [5.41, 5.74) is 1.49. The monoisotopic (exact) mass is 341 g/mol. The van der Waals surface area contributed by atoms with Crippen LogP contribution in [-0.2, 0) is 4.79 Å². The molecule has 2 rings (SSSR count). The molecule has 1 aromatic heterocycles. The van der Waals surface area contributed by atoms with Crippen molar-refractivity contribution in [2.75, 3.05) is 11.9 Å². The van der Waals surface area contributed by atoms with E-state index in [1.54, 1.807) is 43.5 Å². The first-order chi connectivity index (χ1) is 11.8. The molecule has 0 unspecified atom stereocenters. The van der Waals surface area contributed by atoms with Gasteiger partial charge in [-0.25, -0.2) is 0 Å². The molecule has 0 spiro atoms. The van der Waals surface area contributed by atoms with Crippen molar-refractivity contribution in [1.29, 1.82) is 0 Å². The molecule has 1 heterocycles. The molecule has 0 aliphatic heterocycles. The lowest BCUT2D eigenvalue weighted by Crippen LogP contribution is -2.40. The number of nitrogens with zero attached hydrogens (tertiary/aromatic N) is 1. The van der Waals surface area contributed by atoms with Gasteiger partial charge < -0.3 is 15.4 Å². The highest BCUT2D eigenvalue weighted by Crippen LogP contribution is 2.20. The van der Waals surface area contributed by atoms with Crippen LogP contribution < -0.4 is 15.4 Å². The minimum atomic E-state index is -0.333. The molecule has 0 saturated carbocycles. The van der Waals surface area contributed by atoms with E-state index in [4.69, 9.17) is 4.74 Å². The van der Waals surface area contributed by atoms with Crippen LogP contribution in [0.3, 0.4) is 0 Å². The molecule has 0 fully saturated rings. The van der Waals surface area contributed by atoms with Crippen LogP contribution in [0, 0.1) is 6.92 Å². The molecular formula is C19H23N3O3. The highest BCUT2D eigenvalue weighted by molar-refractivity contribution is 5.99. The number of amides is 2. The zero-order valence-corrected chi connectivity index (χ0v) is 14.9. The van der Waals surface area contributed by atoms with Crippen molar-refractivity contribution in [3.63, 3.8) is 0 Å². The fourth-order valence-corrected chi connectivity index (χ4v) is 2.19. The van der Waals surface area contributed by atoms with Gasteiger partial charge >= 0.3 is 0 Å². The highest BCUT2D eigenvalue weighted by Gasteiger charge is 2.18. The van der Waals surface area contributed by atoms with Crippen molar-refractivity contribution in [2.24, 2.45) is 0 Å². The Morgan fingerprint density at radius 1 is 1.16 bits per heavy atom. The summed E-state index contributed by atoms with van der Waals surface area (Å²) in [6.07, 6.45) is 3.17. The standard InChI is InChI=1S/C19H23N3O3/c1-13-15(18(24)22-19(2,3)4)8-5-9-16(13)21-17(23)12-25-14-7-6-10-20-11-14/h5-11H,12H2,1-4H3,(H,21,23)(H,22,24). The van der Waals surface area contributed by atoms with Crippen LogP contribution in [0.1, 0.15) is 36.7 Å². The Hall–Kier alpha value is -2.89. The molecule has 0 radical (unpaired) electrons. The lowest BCUT2D eigenvalue weighted by Gasteiger charge is -2.21. The van der Waals surface area contributed by atoms with Gasteiger partial charge in [0.15, 0.2) is 6.61 Å². The number of rotatable bonds is 5. The molecule has 25 heavy (non-hydrogen) atoms. The predicted molar refractivity (Wildman–Crippen MR) is 96.8 cm³/mol. The zero-order chi connectivity index (χ0) is 18.4. The third-order valence-electron chi connectivity index (χ3n) is 3.35. The van der Waals surface area contributed by atoms with E-state index in [0.717, 1.165) is 0 Å². The van der Waals surface area contributed by atoms with Crippen molar-refractivity contribution in [3.05, 3.63) is 53.9 Å². The number of ether oxygens (including phenoxy) is 1. The van der Waals surface area contributed by atoms with Crippen LogP contribution in [0.25, 0.3) is 0 Å². The Morgan fingerprint density at radius 3 is 2.56 bits per heavy atom. The molecule has 0 aliphatic carbocycles. The molecule has 6 heteroatoms. The number of benzene rings is 1. The molecular weight excluding hydrogens is 318 g/mol. The molecule has 2 amide bonds. The number of hydrogen-bond donors (Lipinski definition) is 2. The maximum Gasteiger partial charge on any atom is 0.262 e. The number of carbonyl (C=O) groups is 2. The van der Waals surface area contributed by atoms with Crippen molar-refractivity contribution in [3.8, 4) is 5.75 Å². The van der Waals surface area contributed by atoms with E-state index in [2.05, 4.69) is 15.6 Å². The maximum atomic E-state index is 12.4. The lowest BCUT2D eigenvalue weighted by atomic mass is 10.0. The summed E-state index contributed by atoms with van der Waals surface area (Å²) >= 11 is 0. The van der Waals surface area contributed by atoms with Crippen molar-refractivity contribution in [2.45, 2.75) is 33.2 Å². The third kappa shape index (κ3) is 5.60. The van der Waals surface area contributed by atoms with Crippen molar-refractivity contribution in [1.82, 2.24) is 10.3 Å². The number of nitrogens with one attached hydrogen (secondary N) is 2. The lowest BCUT2D eigenvalue weighted by molar-refractivity contribution is -0.118. The zero-order valence-electron chi connectivity index (χ0n) is 14.9. The van der Waals surface area contributed by atoms with Crippen LogP contribution in [0.5, 0.6) is 5.75 Å². The normalized spacial score (nSPS) is 10.9. The maximum absolute atomic E-state index is 12.4. The highest BCUT2D eigenvalue weighted by atomic mass is 16.5. The van der Waals surface area contributed by atoms with E-state index in [-0.39, 0.29) is 24.0 Å². The molecule has 6 nitrogen and oxygen atoms in total. The number of anilines is 1. The minimum absolute atomic E-state index is 0.135. The molecule has 132 valence electrons. The second-order valence-corrected chi connectivity index (χ2v) is 6.71. The molecule has 2 N–H and O–H groups in total. The second kappa shape index (κ2) is 7.79. The van der Waals surface area contributed by atoms with Gasteiger partial charge in [-0.05, 0) is 57.5 Å². The average molecular weight is 341 g/mol. The molecule has 0 atom stereocenters. The molecule has 1 aromatic carbocycles. The van der Waals surface area contributed by atoms with Gasteiger partial charge in [0.2, 0.25) is 0 Å². The van der Waals surface area contributed by atoms with E-state index in [1.807, 2.05) is 20.8 Å². The third-order valence-corrected chi connectivity index (χ3v) is 3.35. The largest absolute Gasteiger partial charge is 0.482 e. The van der Waals surface area contributed by atoms with Crippen LogP contribution in [-0.4, -0.2) is 28.9 Å². The number of pyridine rings is 1. The SMILES string of the molecule is Cc1c(NC(=O)COc2cccnc2)cccc1C(=O)NC(C)(C)C. The Balaban J connectivity index is 2.03. The summed E-state index contributed by atoms with van der Waals surface area (Å²) in [5, 5.41) is 5.69. The first-order valence-corrected chi connectivity index (χ1v) is 8.01. The summed E-state index contributed by atoms with van der Waals surface area (Å²) in [6, 6.07) is 8.68. The van der Waals surface area contributed by atoms with Crippen LogP contribution in [0.4, 0.5) is 5.69 Å². The number of carbonyl (C=O) groups excluding carboxylic acids is 2. The van der Waals surface area contributed by atoms with Crippen LogP contribution >= 0.6 is 0 Å². The van der Waals surface area contributed by atoms with E-state index in [0.29, 0.717) is 22.6 Å². The Bertz CT molecular complexity index is 752. The minimum Gasteiger partial charge on any atom is -0.482 e. The number of aromatic nitrogens is 1. The Kier molecular flexibility index (Phi) is 5.75. The van der Waals surface area contributed by atoms with Crippen LogP contribution in [0.15, 0.2) is 42.7 Å². The Labute approximate surface area is 147 Å². The molecule has 2 aromatic rings. The Morgan fingerprint density at radius 2 is 1.92 bits per heavy atom. The summed E-state index contributed by atoms with van der Waals surface area (Å²) in [7, 11) is 0. The average Bonchev–Trinajstić information content (AvgIpc) is 2.54. The van der Waals surface area contributed by atoms with E-state index in [9.17, 15) is 9.59 Å². The van der Waals surface area contributed by atoms with Gasteiger partial charge in [0.05, 0.1) is 6.20 Å². The fraction of sp³-hybridized carbons (Fsp3) is 0.316. The summed E-state index contributed by atoms with van der Waals surface area (Å²) in [6.45, 7) is 7.42. The van der Waals surface area contributed by atoms with Gasteiger partial charge in [-0.2, -0.15) is 0 Å². The molecule has 0 bridgehead atoms. The van der Waals surface area contributed by atoms with Gasteiger partial charge in [0.25, 0.3) is 11.8 Å². The second-order valence-electron chi connectivity index (χ2n) is 6.71. The van der Waals surface area contributed by atoms with E-state index >= 15 is 0 Å². The topological polar surface area (TPSA) is 80.3 Å². The molecule has 0 aliphatic rings. The van der Waals surface area contributed by atoms with E-state index < -0.39 is 0 Å². The van der Waals surface area contributed by atoms with E-state index in [1.165, 1.54) is 6.20 Å². The quantitative estimate of drug-likeness (QED) is 0.876. The number of hydrogen-bond acceptors (Lipinski definition) is 4. The van der Waals surface area contributed by atoms with Gasteiger partial charge in [0, 0.05) is 23.0 Å². The molecule has 0 saturated heterocycles. The van der Waals surface area contributed by atoms with Crippen molar-refractivity contribution < 1.29 is 14.3 Å². The smallest absolute Gasteiger partial charge is 0.262 e. The van der Waals surface area contributed by atoms with Gasteiger partial charge in [0.1, 0.15) is 5.75 Å².